The summed E-state index contributed by atoms with van der Waals surface area (Å²) in [7, 11) is 1.57. The molecule has 3 N–H and O–H groups in total. The average Bonchev–Trinajstić information content (AvgIpc) is 3.22. The fourth-order valence-corrected chi connectivity index (χ4v) is 4.69. The van der Waals surface area contributed by atoms with Crippen LogP contribution < -0.4 is 20.7 Å². The first-order valence-electron chi connectivity index (χ1n) is 13.6. The van der Waals surface area contributed by atoms with Gasteiger partial charge >= 0.3 is 0 Å². The van der Waals surface area contributed by atoms with Gasteiger partial charge in [0.1, 0.15) is 23.9 Å². The van der Waals surface area contributed by atoms with Crippen LogP contribution in [0, 0.1) is 17.0 Å². The molecule has 1 aliphatic carbocycles. The summed E-state index contributed by atoms with van der Waals surface area (Å²) < 4.78 is 62.8. The van der Waals surface area contributed by atoms with Crippen LogP contribution in [0.4, 0.5) is 29.2 Å². The summed E-state index contributed by atoms with van der Waals surface area (Å²) in [4.78, 5) is 29.8. The van der Waals surface area contributed by atoms with Gasteiger partial charge in [0.05, 0.1) is 16.6 Å². The number of halogens is 4. The van der Waals surface area contributed by atoms with Crippen molar-refractivity contribution in [2.75, 3.05) is 11.9 Å². The molecule has 1 aliphatic rings. The molecule has 0 spiro atoms. The lowest BCUT2D eigenvalue weighted by Crippen LogP contribution is -2.36. The molecule has 1 saturated carbocycles. The van der Waals surface area contributed by atoms with E-state index in [9.17, 15) is 22.8 Å². The minimum atomic E-state index is -2.75. The van der Waals surface area contributed by atoms with Crippen molar-refractivity contribution in [3.8, 4) is 5.75 Å². The van der Waals surface area contributed by atoms with Gasteiger partial charge in [0.25, 0.3) is 12.3 Å². The number of aromatic nitrogens is 2. The summed E-state index contributed by atoms with van der Waals surface area (Å²) in [6.45, 7) is 4.10. The fraction of sp³-hybridized carbons (Fsp3) is 0.483. The van der Waals surface area contributed by atoms with Crippen molar-refractivity contribution in [3.63, 3.8) is 0 Å². The molecule has 12 heteroatoms. The van der Waals surface area contributed by atoms with Gasteiger partial charge in [0, 0.05) is 36.7 Å². The monoisotopic (exact) mass is 577 g/mol. The molecule has 2 amide bonds. The van der Waals surface area contributed by atoms with Crippen molar-refractivity contribution in [2.45, 2.75) is 71.9 Å². The summed E-state index contributed by atoms with van der Waals surface area (Å²) in [6, 6.07) is 5.14. The van der Waals surface area contributed by atoms with Crippen molar-refractivity contribution in [1.82, 2.24) is 20.2 Å². The fourth-order valence-electron chi connectivity index (χ4n) is 4.69. The molecule has 0 radical (unpaired) electrons. The van der Waals surface area contributed by atoms with Gasteiger partial charge < -0.3 is 25.3 Å². The Morgan fingerprint density at radius 2 is 1.83 bits per heavy atom. The van der Waals surface area contributed by atoms with E-state index in [0.29, 0.717) is 11.0 Å². The Balaban J connectivity index is 1.65. The molecule has 0 bridgehead atoms. The highest BCUT2D eigenvalue weighted by Crippen LogP contribution is 2.32. The summed E-state index contributed by atoms with van der Waals surface area (Å²) >= 11 is 0. The van der Waals surface area contributed by atoms with Gasteiger partial charge in [0.15, 0.2) is 5.82 Å². The number of ether oxygens (including phenoxy) is 1. The molecule has 0 saturated heterocycles. The third-order valence-electron chi connectivity index (χ3n) is 7.06. The van der Waals surface area contributed by atoms with Crippen LogP contribution in [-0.4, -0.2) is 40.4 Å². The summed E-state index contributed by atoms with van der Waals surface area (Å²) in [5, 5.41) is 8.26. The highest BCUT2D eigenvalue weighted by atomic mass is 19.3. The van der Waals surface area contributed by atoms with E-state index in [-0.39, 0.29) is 41.3 Å². The Morgan fingerprint density at radius 1 is 1.12 bits per heavy atom. The normalized spacial score (nSPS) is 14.4. The van der Waals surface area contributed by atoms with Crippen LogP contribution in [0.1, 0.15) is 68.8 Å². The lowest BCUT2D eigenvalue weighted by atomic mass is 9.95. The quantitative estimate of drug-likeness (QED) is 0.273. The zero-order chi connectivity index (χ0) is 29.9. The maximum atomic E-state index is 15.4. The number of hydrogen-bond donors (Lipinski definition) is 3. The minimum Gasteiger partial charge on any atom is -0.487 e. The molecular formula is C29H35F4N5O3. The highest BCUT2D eigenvalue weighted by Gasteiger charge is 2.24. The van der Waals surface area contributed by atoms with E-state index >= 15 is 4.39 Å². The lowest BCUT2D eigenvalue weighted by Gasteiger charge is -2.23. The van der Waals surface area contributed by atoms with Crippen molar-refractivity contribution in [2.24, 2.45) is 12.5 Å². The number of rotatable bonds is 9. The number of anilines is 2. The molecule has 0 aliphatic heterocycles. The van der Waals surface area contributed by atoms with E-state index in [0.717, 1.165) is 38.2 Å². The van der Waals surface area contributed by atoms with Crippen LogP contribution in [0.5, 0.6) is 5.75 Å². The molecule has 41 heavy (non-hydrogen) atoms. The first-order valence-corrected chi connectivity index (χ1v) is 13.6. The van der Waals surface area contributed by atoms with E-state index < -0.39 is 41.7 Å². The third-order valence-corrected chi connectivity index (χ3v) is 7.06. The number of carbonyl (C=O) groups is 2. The van der Waals surface area contributed by atoms with Crippen molar-refractivity contribution < 1.29 is 31.9 Å². The molecule has 3 aromatic rings. The molecule has 4 rings (SSSR count). The molecule has 1 heterocycles. The Labute approximate surface area is 235 Å². The predicted octanol–water partition coefficient (Wildman–Crippen LogP) is 5.96. The maximum Gasteiger partial charge on any atom is 0.272 e. The summed E-state index contributed by atoms with van der Waals surface area (Å²) in [5.41, 5.74) is -0.371. The Kier molecular flexibility index (Phi) is 9.08. The van der Waals surface area contributed by atoms with Gasteiger partial charge in [-0.1, -0.05) is 46.1 Å². The van der Waals surface area contributed by atoms with Crippen LogP contribution >= 0.6 is 0 Å². The number of aryl methyl sites for hydroxylation is 1. The highest BCUT2D eigenvalue weighted by molar-refractivity contribution is 6.01. The smallest absolute Gasteiger partial charge is 0.272 e. The number of hydrogen-bond acceptors (Lipinski definition) is 5. The van der Waals surface area contributed by atoms with Gasteiger partial charge in [-0.05, 0) is 25.0 Å². The van der Waals surface area contributed by atoms with Crippen LogP contribution in [0.3, 0.4) is 0 Å². The number of benzene rings is 2. The minimum absolute atomic E-state index is 0.0257. The van der Waals surface area contributed by atoms with E-state index in [1.807, 2.05) is 0 Å². The van der Waals surface area contributed by atoms with Crippen molar-refractivity contribution in [1.29, 1.82) is 0 Å². The van der Waals surface area contributed by atoms with E-state index in [4.69, 9.17) is 4.74 Å². The van der Waals surface area contributed by atoms with Crippen LogP contribution in [0.2, 0.25) is 0 Å². The number of alkyl halides is 2. The van der Waals surface area contributed by atoms with Crippen molar-refractivity contribution in [3.05, 3.63) is 47.0 Å². The standard InChI is InChI=1S/C29H35F4N5O3/c1-29(2,3)27(40)34-14-16-10-11-19(30)25(24(16)33)37-28-36-20-12-18(26(39)35-17-8-6-5-7-9-17)22(41-15-23(31)32)13-21(20)38(28)4/h10-13,17,23H,5-9,14-15H2,1-4H3,(H,34,40)(H,35,39)(H,36,37). The molecule has 8 nitrogen and oxygen atoms in total. The molecule has 0 atom stereocenters. The molecule has 222 valence electrons. The SMILES string of the molecule is Cn1c(Nc2c(F)ccc(CNC(=O)C(C)(C)C)c2F)nc2cc(C(=O)NC3CCCCC3)c(OCC(F)F)cc21. The number of nitrogens with zero attached hydrogens (tertiary/aromatic N) is 2. The van der Waals surface area contributed by atoms with Crippen LogP contribution in [0.25, 0.3) is 11.0 Å². The van der Waals surface area contributed by atoms with Gasteiger partial charge in [0.2, 0.25) is 11.9 Å². The lowest BCUT2D eigenvalue weighted by molar-refractivity contribution is -0.128. The predicted molar refractivity (Wildman–Crippen MR) is 147 cm³/mol. The zero-order valence-electron chi connectivity index (χ0n) is 23.5. The van der Waals surface area contributed by atoms with Gasteiger partial charge in [-0.25, -0.2) is 22.5 Å². The van der Waals surface area contributed by atoms with Gasteiger partial charge in [-0.3, -0.25) is 9.59 Å². The van der Waals surface area contributed by atoms with Gasteiger partial charge in [-0.15, -0.1) is 0 Å². The molecule has 0 unspecified atom stereocenters. The number of carbonyl (C=O) groups excluding carboxylic acids is 2. The topological polar surface area (TPSA) is 97.3 Å². The number of imidazole rings is 1. The molecule has 1 aromatic heterocycles. The second-order valence-electron chi connectivity index (χ2n) is 11.3. The first-order chi connectivity index (χ1) is 19.3. The Hall–Kier alpha value is -3.83. The second kappa shape index (κ2) is 12.4. The molecular weight excluding hydrogens is 542 g/mol. The molecule has 2 aromatic carbocycles. The van der Waals surface area contributed by atoms with E-state index in [2.05, 4.69) is 20.9 Å². The summed E-state index contributed by atoms with van der Waals surface area (Å²) in [5.74, 6) is -2.55. The largest absolute Gasteiger partial charge is 0.487 e. The van der Waals surface area contributed by atoms with Crippen LogP contribution in [0.15, 0.2) is 24.3 Å². The number of nitrogens with one attached hydrogen (secondary N) is 3. The number of amides is 2. The average molecular weight is 578 g/mol. The second-order valence-corrected chi connectivity index (χ2v) is 11.3. The van der Waals surface area contributed by atoms with Gasteiger partial charge in [-0.2, -0.15) is 0 Å². The van der Waals surface area contributed by atoms with Crippen LogP contribution in [-0.2, 0) is 18.4 Å². The molecule has 1 fully saturated rings. The third kappa shape index (κ3) is 7.09. The Morgan fingerprint density at radius 3 is 2.49 bits per heavy atom. The summed E-state index contributed by atoms with van der Waals surface area (Å²) in [6.07, 6.45) is 1.98. The zero-order valence-corrected chi connectivity index (χ0v) is 23.5. The Bertz CT molecular complexity index is 1430. The number of fused-ring (bicyclic) bond motifs is 1. The maximum absolute atomic E-state index is 15.4. The first kappa shape index (κ1) is 30.1. The van der Waals surface area contributed by atoms with Crippen molar-refractivity contribution >= 4 is 34.5 Å². The van der Waals surface area contributed by atoms with E-state index in [1.54, 1.807) is 27.8 Å². The van der Waals surface area contributed by atoms with E-state index in [1.165, 1.54) is 22.8 Å².